The Morgan fingerprint density at radius 1 is 1.60 bits per heavy atom. The van der Waals surface area contributed by atoms with Crippen LogP contribution in [0.4, 0.5) is 0 Å². The summed E-state index contributed by atoms with van der Waals surface area (Å²) in [6.45, 7) is 0.293. The van der Waals surface area contributed by atoms with Crippen molar-refractivity contribution >= 4 is 12.2 Å². The number of hydrogen-bond acceptors (Lipinski definition) is 4. The van der Waals surface area contributed by atoms with Gasteiger partial charge in [0.15, 0.2) is 6.29 Å². The van der Waals surface area contributed by atoms with Crippen LogP contribution in [0.1, 0.15) is 16.9 Å². The van der Waals surface area contributed by atoms with Gasteiger partial charge in [-0.2, -0.15) is 0 Å². The van der Waals surface area contributed by atoms with Crippen LogP contribution in [-0.4, -0.2) is 30.8 Å². The summed E-state index contributed by atoms with van der Waals surface area (Å²) in [5.41, 5.74) is 0.355. The van der Waals surface area contributed by atoms with Crippen molar-refractivity contribution in [3.05, 3.63) is 24.0 Å². The Hall–Kier alpha value is -1.91. The van der Waals surface area contributed by atoms with Crippen LogP contribution in [0.3, 0.4) is 0 Å². The Kier molecular flexibility index (Phi) is 4.28. The lowest BCUT2D eigenvalue weighted by atomic mass is 10.3. The van der Waals surface area contributed by atoms with Crippen molar-refractivity contribution in [2.24, 2.45) is 0 Å². The van der Waals surface area contributed by atoms with Gasteiger partial charge in [0.25, 0.3) is 0 Å². The summed E-state index contributed by atoms with van der Waals surface area (Å²) < 4.78 is 5.24. The first-order chi connectivity index (χ1) is 7.26. The number of nitrogens with one attached hydrogen (secondary N) is 1. The molecule has 1 aromatic heterocycles. The normalized spacial score (nSPS) is 9.40. The number of ether oxygens (including phenoxy) is 1. The smallest absolute Gasteiger partial charge is 0.223 e. The Labute approximate surface area is 87.5 Å². The van der Waals surface area contributed by atoms with Crippen LogP contribution in [0, 0.1) is 0 Å². The number of nitrogens with zero attached hydrogens (tertiary/aromatic N) is 1. The molecule has 0 aromatic carbocycles. The van der Waals surface area contributed by atoms with Gasteiger partial charge in [0, 0.05) is 7.05 Å². The lowest BCUT2D eigenvalue weighted by Crippen LogP contribution is -2.20. The fourth-order valence-electron chi connectivity index (χ4n) is 0.933. The minimum Gasteiger partial charge on any atom is -0.491 e. The molecule has 5 nitrogen and oxygen atoms in total. The van der Waals surface area contributed by atoms with Gasteiger partial charge >= 0.3 is 0 Å². The molecule has 1 aromatic rings. The average molecular weight is 208 g/mol. The Bertz CT molecular complexity index is 335. The summed E-state index contributed by atoms with van der Waals surface area (Å²) in [7, 11) is 1.57. The Balaban J connectivity index is 2.37. The monoisotopic (exact) mass is 208 g/mol. The van der Waals surface area contributed by atoms with E-state index in [1.807, 2.05) is 0 Å². The summed E-state index contributed by atoms with van der Waals surface area (Å²) in [4.78, 5) is 25.0. The highest BCUT2D eigenvalue weighted by Crippen LogP contribution is 2.08. The van der Waals surface area contributed by atoms with Crippen LogP contribution in [0.2, 0.25) is 0 Å². The van der Waals surface area contributed by atoms with Crippen molar-refractivity contribution in [1.82, 2.24) is 10.3 Å². The first kappa shape index (κ1) is 11.2. The molecule has 0 bridgehead atoms. The fourth-order valence-corrected chi connectivity index (χ4v) is 0.933. The maximum absolute atomic E-state index is 10.8. The molecular formula is C10H12N2O3. The molecule has 1 amide bonds. The maximum Gasteiger partial charge on any atom is 0.223 e. The maximum atomic E-state index is 10.8. The van der Waals surface area contributed by atoms with E-state index in [9.17, 15) is 9.59 Å². The van der Waals surface area contributed by atoms with E-state index in [0.717, 1.165) is 0 Å². The zero-order valence-corrected chi connectivity index (χ0v) is 8.40. The number of aldehydes is 1. The van der Waals surface area contributed by atoms with Crippen molar-refractivity contribution in [3.63, 3.8) is 0 Å². The number of carbonyl (C=O) groups is 2. The van der Waals surface area contributed by atoms with Gasteiger partial charge in [-0.1, -0.05) is 0 Å². The number of carbonyl (C=O) groups excluding carboxylic acids is 2. The van der Waals surface area contributed by atoms with E-state index in [2.05, 4.69) is 10.3 Å². The molecular weight excluding hydrogens is 196 g/mol. The van der Waals surface area contributed by atoms with E-state index in [-0.39, 0.29) is 5.91 Å². The van der Waals surface area contributed by atoms with Crippen molar-refractivity contribution in [3.8, 4) is 5.75 Å². The summed E-state index contributed by atoms with van der Waals surface area (Å²) in [5, 5.41) is 2.49. The summed E-state index contributed by atoms with van der Waals surface area (Å²) in [5.74, 6) is 0.469. The summed E-state index contributed by atoms with van der Waals surface area (Å²) >= 11 is 0. The van der Waals surface area contributed by atoms with Crippen LogP contribution in [0.5, 0.6) is 5.75 Å². The highest BCUT2D eigenvalue weighted by Gasteiger charge is 1.99. The van der Waals surface area contributed by atoms with Crippen LogP contribution in [-0.2, 0) is 4.79 Å². The van der Waals surface area contributed by atoms with E-state index >= 15 is 0 Å². The second-order valence-electron chi connectivity index (χ2n) is 2.81. The molecule has 0 fully saturated rings. The molecule has 1 N–H and O–H groups in total. The number of rotatable bonds is 5. The number of pyridine rings is 1. The molecule has 0 aliphatic rings. The molecule has 1 heterocycles. The predicted molar refractivity (Wildman–Crippen MR) is 53.8 cm³/mol. The number of aromatic nitrogens is 1. The SMILES string of the molecule is CNC(=O)CCOc1ccc(C=O)nc1. The minimum atomic E-state index is -0.0764. The first-order valence-electron chi connectivity index (χ1n) is 4.51. The Morgan fingerprint density at radius 3 is 2.93 bits per heavy atom. The zero-order valence-electron chi connectivity index (χ0n) is 8.40. The molecule has 0 radical (unpaired) electrons. The third-order valence-electron chi connectivity index (χ3n) is 1.76. The molecule has 0 saturated carbocycles. The van der Waals surface area contributed by atoms with Crippen molar-refractivity contribution in [1.29, 1.82) is 0 Å². The van der Waals surface area contributed by atoms with E-state index in [0.29, 0.717) is 30.8 Å². The molecule has 1 rings (SSSR count). The van der Waals surface area contributed by atoms with Gasteiger partial charge in [-0.25, -0.2) is 4.98 Å². The summed E-state index contributed by atoms with van der Waals surface area (Å²) in [6.07, 6.45) is 2.41. The second kappa shape index (κ2) is 5.74. The standard InChI is InChI=1S/C10H12N2O3/c1-11-10(14)4-5-15-9-3-2-8(7-13)12-6-9/h2-3,6-7H,4-5H2,1H3,(H,11,14). The van der Waals surface area contributed by atoms with Crippen molar-refractivity contribution < 1.29 is 14.3 Å². The fraction of sp³-hybridized carbons (Fsp3) is 0.300. The topological polar surface area (TPSA) is 68.3 Å². The molecule has 0 unspecified atom stereocenters. The van der Waals surface area contributed by atoms with Gasteiger partial charge in [0.2, 0.25) is 5.91 Å². The Morgan fingerprint density at radius 2 is 2.40 bits per heavy atom. The van der Waals surface area contributed by atoms with E-state index < -0.39 is 0 Å². The van der Waals surface area contributed by atoms with Crippen LogP contribution in [0.15, 0.2) is 18.3 Å². The van der Waals surface area contributed by atoms with E-state index in [1.165, 1.54) is 6.20 Å². The largest absolute Gasteiger partial charge is 0.491 e. The van der Waals surface area contributed by atoms with Crippen LogP contribution < -0.4 is 10.1 Å². The van der Waals surface area contributed by atoms with Crippen molar-refractivity contribution in [2.45, 2.75) is 6.42 Å². The molecule has 0 spiro atoms. The first-order valence-corrected chi connectivity index (χ1v) is 4.51. The molecule has 0 aliphatic carbocycles. The summed E-state index contributed by atoms with van der Waals surface area (Å²) in [6, 6.07) is 3.20. The third kappa shape index (κ3) is 3.76. The highest BCUT2D eigenvalue weighted by atomic mass is 16.5. The number of amides is 1. The lowest BCUT2D eigenvalue weighted by Gasteiger charge is -2.04. The van der Waals surface area contributed by atoms with Crippen LogP contribution >= 0.6 is 0 Å². The van der Waals surface area contributed by atoms with Gasteiger partial charge in [-0.3, -0.25) is 9.59 Å². The zero-order chi connectivity index (χ0) is 11.1. The van der Waals surface area contributed by atoms with Gasteiger partial charge in [-0.15, -0.1) is 0 Å². The predicted octanol–water partition coefficient (Wildman–Crippen LogP) is 0.409. The van der Waals surface area contributed by atoms with Gasteiger partial charge < -0.3 is 10.1 Å². The second-order valence-corrected chi connectivity index (χ2v) is 2.81. The lowest BCUT2D eigenvalue weighted by molar-refractivity contribution is -0.121. The molecule has 80 valence electrons. The highest BCUT2D eigenvalue weighted by molar-refractivity contribution is 5.75. The average Bonchev–Trinajstić information content (AvgIpc) is 2.29. The molecule has 0 saturated heterocycles. The van der Waals surface area contributed by atoms with Gasteiger partial charge in [0.1, 0.15) is 11.4 Å². The van der Waals surface area contributed by atoms with Gasteiger partial charge in [0.05, 0.1) is 19.2 Å². The number of hydrogen-bond donors (Lipinski definition) is 1. The third-order valence-corrected chi connectivity index (χ3v) is 1.76. The van der Waals surface area contributed by atoms with Crippen LogP contribution in [0.25, 0.3) is 0 Å². The van der Waals surface area contributed by atoms with E-state index in [1.54, 1.807) is 19.2 Å². The molecule has 0 aliphatic heterocycles. The van der Waals surface area contributed by atoms with Gasteiger partial charge in [-0.05, 0) is 12.1 Å². The van der Waals surface area contributed by atoms with E-state index in [4.69, 9.17) is 4.74 Å². The molecule has 5 heteroatoms. The minimum absolute atomic E-state index is 0.0764. The quantitative estimate of drug-likeness (QED) is 0.711. The molecule has 15 heavy (non-hydrogen) atoms. The van der Waals surface area contributed by atoms with Crippen molar-refractivity contribution in [2.75, 3.05) is 13.7 Å². The molecule has 0 atom stereocenters.